The molecular weight excluding hydrogens is 296 g/mol. The normalized spacial score (nSPS) is 14.6. The minimum Gasteiger partial charge on any atom is -0.312 e. The van der Waals surface area contributed by atoms with Crippen LogP contribution in [0, 0.1) is 26.7 Å². The molecule has 0 fully saturated rings. The van der Waals surface area contributed by atoms with Crippen LogP contribution in [-0.2, 0) is 0 Å². The van der Waals surface area contributed by atoms with Crippen LogP contribution in [0.25, 0.3) is 0 Å². The number of hydrogen-bond donors (Lipinski definition) is 1. The summed E-state index contributed by atoms with van der Waals surface area (Å²) in [7, 11) is 1.11. The van der Waals surface area contributed by atoms with Crippen LogP contribution in [0.2, 0.25) is 0 Å². The SMILES string of the molecule is CNC(c1c(C)cc(C)cc1C)C(C(F)(F)F)C(F)(F)F. The van der Waals surface area contributed by atoms with Crippen molar-refractivity contribution in [2.24, 2.45) is 5.92 Å². The Hall–Kier alpha value is -1.24. The Morgan fingerprint density at radius 2 is 1.24 bits per heavy atom. The molecule has 0 aliphatic rings. The molecule has 0 aliphatic heterocycles. The summed E-state index contributed by atoms with van der Waals surface area (Å²) < 4.78 is 77.5. The molecule has 0 spiro atoms. The predicted octanol–water partition coefficient (Wildman–Crippen LogP) is 4.61. The number of halogens is 6. The van der Waals surface area contributed by atoms with Crippen LogP contribution in [0.5, 0.6) is 0 Å². The Kier molecular flexibility index (Phi) is 4.98. The second kappa shape index (κ2) is 5.87. The maximum atomic E-state index is 12.9. The third-order valence-electron chi connectivity index (χ3n) is 3.40. The van der Waals surface area contributed by atoms with Gasteiger partial charge in [0, 0.05) is 0 Å². The van der Waals surface area contributed by atoms with Crippen molar-refractivity contribution in [3.63, 3.8) is 0 Å². The molecule has 120 valence electrons. The molecule has 21 heavy (non-hydrogen) atoms. The molecule has 7 heteroatoms. The lowest BCUT2D eigenvalue weighted by Crippen LogP contribution is -2.45. The molecule has 0 aliphatic carbocycles. The fourth-order valence-corrected chi connectivity index (χ4v) is 2.72. The molecule has 1 aromatic rings. The molecule has 0 radical (unpaired) electrons. The monoisotopic (exact) mass is 313 g/mol. The highest BCUT2D eigenvalue weighted by Gasteiger charge is 2.60. The molecule has 1 unspecified atom stereocenters. The summed E-state index contributed by atoms with van der Waals surface area (Å²) in [4.78, 5) is 0. The number of nitrogens with one attached hydrogen (secondary N) is 1. The van der Waals surface area contributed by atoms with Crippen LogP contribution in [0.15, 0.2) is 12.1 Å². The zero-order valence-corrected chi connectivity index (χ0v) is 12.1. The summed E-state index contributed by atoms with van der Waals surface area (Å²) in [5, 5.41) is 2.19. The lowest BCUT2D eigenvalue weighted by Gasteiger charge is -2.32. The Bertz CT molecular complexity index is 466. The van der Waals surface area contributed by atoms with E-state index in [-0.39, 0.29) is 5.56 Å². The number of alkyl halides is 6. The van der Waals surface area contributed by atoms with Gasteiger partial charge in [0.1, 0.15) is 0 Å². The van der Waals surface area contributed by atoms with Gasteiger partial charge in [0.25, 0.3) is 0 Å². The number of aryl methyl sites for hydroxylation is 3. The molecule has 1 aromatic carbocycles. The van der Waals surface area contributed by atoms with E-state index in [1.165, 1.54) is 13.8 Å². The molecule has 0 saturated heterocycles. The first-order valence-corrected chi connectivity index (χ1v) is 6.28. The zero-order valence-electron chi connectivity index (χ0n) is 12.1. The van der Waals surface area contributed by atoms with Gasteiger partial charge in [-0.15, -0.1) is 0 Å². The quantitative estimate of drug-likeness (QED) is 0.803. The average Bonchev–Trinajstić information content (AvgIpc) is 2.22. The lowest BCUT2D eigenvalue weighted by atomic mass is 9.85. The van der Waals surface area contributed by atoms with Crippen molar-refractivity contribution in [1.29, 1.82) is 0 Å². The zero-order chi connectivity index (χ0) is 16.6. The Balaban J connectivity index is 3.48. The fourth-order valence-electron chi connectivity index (χ4n) is 2.72. The maximum Gasteiger partial charge on any atom is 0.402 e. The molecule has 0 heterocycles. The van der Waals surface area contributed by atoms with Crippen LogP contribution < -0.4 is 5.32 Å². The molecule has 0 aromatic heterocycles. The van der Waals surface area contributed by atoms with Gasteiger partial charge < -0.3 is 5.32 Å². The van der Waals surface area contributed by atoms with Crippen LogP contribution in [0.4, 0.5) is 26.3 Å². The predicted molar refractivity (Wildman–Crippen MR) is 68.1 cm³/mol. The summed E-state index contributed by atoms with van der Waals surface area (Å²) in [6.45, 7) is 4.77. The van der Waals surface area contributed by atoms with E-state index < -0.39 is 24.3 Å². The van der Waals surface area contributed by atoms with Crippen LogP contribution in [-0.4, -0.2) is 19.4 Å². The van der Waals surface area contributed by atoms with Crippen molar-refractivity contribution >= 4 is 0 Å². The van der Waals surface area contributed by atoms with Crippen molar-refractivity contribution in [3.8, 4) is 0 Å². The third kappa shape index (κ3) is 3.90. The second-order valence-corrected chi connectivity index (χ2v) is 5.14. The topological polar surface area (TPSA) is 12.0 Å². The van der Waals surface area contributed by atoms with Gasteiger partial charge in [0.2, 0.25) is 0 Å². The highest BCUT2D eigenvalue weighted by molar-refractivity contribution is 5.40. The van der Waals surface area contributed by atoms with Gasteiger partial charge in [-0.05, 0) is 44.5 Å². The Morgan fingerprint density at radius 1 is 0.857 bits per heavy atom. The summed E-state index contributed by atoms with van der Waals surface area (Å²) in [5.74, 6) is -3.45. The molecule has 0 saturated carbocycles. The first-order valence-electron chi connectivity index (χ1n) is 6.28. The molecule has 1 rings (SSSR count). The highest BCUT2D eigenvalue weighted by atomic mass is 19.4. The van der Waals surface area contributed by atoms with E-state index in [1.807, 2.05) is 0 Å². The smallest absolute Gasteiger partial charge is 0.312 e. The van der Waals surface area contributed by atoms with E-state index in [9.17, 15) is 26.3 Å². The Morgan fingerprint density at radius 3 is 1.52 bits per heavy atom. The van der Waals surface area contributed by atoms with Gasteiger partial charge in [-0.2, -0.15) is 26.3 Å². The minimum absolute atomic E-state index is 0.0442. The molecule has 1 nitrogen and oxygen atoms in total. The summed E-state index contributed by atoms with van der Waals surface area (Å²) >= 11 is 0. The van der Waals surface area contributed by atoms with E-state index in [0.29, 0.717) is 11.1 Å². The van der Waals surface area contributed by atoms with Crippen molar-refractivity contribution in [3.05, 3.63) is 34.4 Å². The summed E-state index contributed by atoms with van der Waals surface area (Å²) in [6, 6.07) is 1.29. The lowest BCUT2D eigenvalue weighted by molar-refractivity contribution is -0.292. The second-order valence-electron chi connectivity index (χ2n) is 5.14. The average molecular weight is 313 g/mol. The molecule has 1 N–H and O–H groups in total. The molecule has 0 amide bonds. The number of rotatable bonds is 3. The van der Waals surface area contributed by atoms with Crippen molar-refractivity contribution in [2.75, 3.05) is 7.05 Å². The highest BCUT2D eigenvalue weighted by Crippen LogP contribution is 2.47. The van der Waals surface area contributed by atoms with Crippen LogP contribution in [0.1, 0.15) is 28.3 Å². The molecule has 0 bridgehead atoms. The third-order valence-corrected chi connectivity index (χ3v) is 3.40. The standard InChI is InChI=1S/C14H17F6N/c1-7-5-8(2)10(9(3)6-7)11(21-4)12(13(15,16)17)14(18,19)20/h5-6,11-12,21H,1-4H3. The van der Waals surface area contributed by atoms with Crippen LogP contribution >= 0.6 is 0 Å². The largest absolute Gasteiger partial charge is 0.402 e. The van der Waals surface area contributed by atoms with E-state index in [0.717, 1.165) is 12.6 Å². The van der Waals surface area contributed by atoms with Crippen molar-refractivity contribution < 1.29 is 26.3 Å². The van der Waals surface area contributed by atoms with Crippen LogP contribution in [0.3, 0.4) is 0 Å². The molecule has 1 atom stereocenters. The van der Waals surface area contributed by atoms with Gasteiger partial charge in [0.05, 0.1) is 6.04 Å². The first-order chi connectivity index (χ1) is 9.39. The van der Waals surface area contributed by atoms with Crippen molar-refractivity contribution in [2.45, 2.75) is 39.2 Å². The number of hydrogen-bond acceptors (Lipinski definition) is 1. The van der Waals surface area contributed by atoms with Gasteiger partial charge in [0.15, 0.2) is 5.92 Å². The van der Waals surface area contributed by atoms with Gasteiger partial charge in [-0.3, -0.25) is 0 Å². The van der Waals surface area contributed by atoms with E-state index in [1.54, 1.807) is 19.1 Å². The maximum absolute atomic E-state index is 12.9. The van der Waals surface area contributed by atoms with Gasteiger partial charge in [-0.1, -0.05) is 17.7 Å². The fraction of sp³-hybridized carbons (Fsp3) is 0.571. The van der Waals surface area contributed by atoms with E-state index in [2.05, 4.69) is 5.32 Å². The van der Waals surface area contributed by atoms with Crippen molar-refractivity contribution in [1.82, 2.24) is 5.32 Å². The molecular formula is C14H17F6N. The number of benzene rings is 1. The van der Waals surface area contributed by atoms with Gasteiger partial charge >= 0.3 is 12.4 Å². The van der Waals surface area contributed by atoms with Gasteiger partial charge in [-0.25, -0.2) is 0 Å². The van der Waals surface area contributed by atoms with E-state index >= 15 is 0 Å². The van der Waals surface area contributed by atoms with E-state index in [4.69, 9.17) is 0 Å². The summed E-state index contributed by atoms with van der Waals surface area (Å²) in [6.07, 6.45) is -10.8. The summed E-state index contributed by atoms with van der Waals surface area (Å²) in [5.41, 5.74) is 1.65. The Labute approximate surface area is 119 Å². The minimum atomic E-state index is -5.38. The first kappa shape index (κ1) is 17.8.